The second kappa shape index (κ2) is 6.62. The van der Waals surface area contributed by atoms with Crippen LogP contribution in [0.25, 0.3) is 0 Å². The number of aromatic nitrogens is 2. The summed E-state index contributed by atoms with van der Waals surface area (Å²) in [7, 11) is -3.43. The Kier molecular flexibility index (Phi) is 4.87. The summed E-state index contributed by atoms with van der Waals surface area (Å²) in [6, 6.07) is 0. The molecule has 3 rings (SSSR count). The minimum atomic E-state index is -4.69. The molecule has 0 aromatic carbocycles. The van der Waals surface area contributed by atoms with Gasteiger partial charge in [-0.3, -0.25) is 0 Å². The number of piperidine rings is 1. The Hall–Kier alpha value is -1.16. The van der Waals surface area contributed by atoms with Gasteiger partial charge in [0.15, 0.2) is 0 Å². The Morgan fingerprint density at radius 3 is 2.38 bits per heavy atom. The molecular weight excluding hydrogens is 347 g/mol. The Labute approximate surface area is 138 Å². The summed E-state index contributed by atoms with van der Waals surface area (Å²) in [5, 5.41) is 6.13. The summed E-state index contributed by atoms with van der Waals surface area (Å²) in [6.07, 6.45) is 0.589. The summed E-state index contributed by atoms with van der Waals surface area (Å²) in [4.78, 5) is 0. The van der Waals surface area contributed by atoms with E-state index in [0.717, 1.165) is 19.3 Å². The quantitative estimate of drug-likeness (QED) is 0.821. The van der Waals surface area contributed by atoms with Crippen LogP contribution in [0.2, 0.25) is 0 Å². The smallest absolute Gasteiger partial charge is 0.417 e. The number of alkyl halides is 3. The number of nitrogens with zero attached hydrogens (tertiary/aromatic N) is 3. The van der Waals surface area contributed by atoms with Crippen molar-refractivity contribution >= 4 is 10.0 Å². The van der Waals surface area contributed by atoms with E-state index >= 15 is 0 Å². The fraction of sp³-hybridized carbons (Fsp3) is 0.857. The highest BCUT2D eigenvalue weighted by molar-refractivity contribution is 7.89. The van der Waals surface area contributed by atoms with Gasteiger partial charge in [0.1, 0.15) is 0 Å². The lowest BCUT2D eigenvalue weighted by Crippen LogP contribution is -2.44. The molecule has 1 saturated heterocycles. The molecule has 2 aliphatic rings. The summed E-state index contributed by atoms with van der Waals surface area (Å²) < 4.78 is 69.4. The van der Waals surface area contributed by atoms with Gasteiger partial charge in [-0.1, -0.05) is 19.3 Å². The Morgan fingerprint density at radius 1 is 1.04 bits per heavy atom. The molecule has 1 aromatic heterocycles. The third kappa shape index (κ3) is 3.58. The lowest BCUT2D eigenvalue weighted by Gasteiger charge is -2.34. The molecule has 1 atom stereocenters. The minimum absolute atomic E-state index is 0.109. The van der Waals surface area contributed by atoms with Crippen molar-refractivity contribution in [2.75, 3.05) is 13.1 Å². The minimum Gasteiger partial charge on any atom is -0.417 e. The molecule has 24 heavy (non-hydrogen) atoms. The molecule has 1 unspecified atom stereocenters. The molecule has 1 aliphatic heterocycles. The Balaban J connectivity index is 1.73. The van der Waals surface area contributed by atoms with E-state index in [1.54, 1.807) is 0 Å². The van der Waals surface area contributed by atoms with Crippen molar-refractivity contribution < 1.29 is 26.0 Å². The van der Waals surface area contributed by atoms with Crippen molar-refractivity contribution in [2.24, 2.45) is 0 Å². The molecule has 2 fully saturated rings. The first-order chi connectivity index (χ1) is 11.3. The fourth-order valence-corrected chi connectivity index (χ4v) is 5.59. The zero-order chi connectivity index (χ0) is 17.4. The highest BCUT2D eigenvalue weighted by atomic mass is 32.2. The van der Waals surface area contributed by atoms with Crippen molar-refractivity contribution in [1.82, 2.24) is 14.5 Å². The second-order valence-corrected chi connectivity index (χ2v) is 8.66. The maximum Gasteiger partial charge on any atom is 0.470 e. The third-order valence-electron chi connectivity index (χ3n) is 4.75. The van der Waals surface area contributed by atoms with E-state index in [-0.39, 0.29) is 17.7 Å². The average Bonchev–Trinajstić information content (AvgIpc) is 3.06. The lowest BCUT2D eigenvalue weighted by atomic mass is 10.00. The van der Waals surface area contributed by atoms with E-state index in [2.05, 4.69) is 10.2 Å². The van der Waals surface area contributed by atoms with E-state index in [0.29, 0.717) is 32.2 Å². The van der Waals surface area contributed by atoms with Crippen LogP contribution in [0.4, 0.5) is 13.2 Å². The fourth-order valence-electron chi connectivity index (χ4n) is 3.46. The molecule has 0 spiro atoms. The highest BCUT2D eigenvalue weighted by Gasteiger charge is 2.41. The molecule has 10 heteroatoms. The van der Waals surface area contributed by atoms with Crippen LogP contribution in [-0.4, -0.2) is 41.3 Å². The van der Waals surface area contributed by atoms with Crippen LogP contribution in [0.15, 0.2) is 4.42 Å². The number of halogens is 3. The van der Waals surface area contributed by atoms with Crippen LogP contribution in [0, 0.1) is 0 Å². The predicted octanol–water partition coefficient (Wildman–Crippen LogP) is 2.93. The van der Waals surface area contributed by atoms with Crippen molar-refractivity contribution in [3.63, 3.8) is 0 Å². The van der Waals surface area contributed by atoms with Crippen LogP contribution in [0.1, 0.15) is 62.6 Å². The van der Waals surface area contributed by atoms with Gasteiger partial charge < -0.3 is 4.42 Å². The highest BCUT2D eigenvalue weighted by Crippen LogP contribution is 2.34. The van der Waals surface area contributed by atoms with Gasteiger partial charge in [-0.2, -0.15) is 13.2 Å². The van der Waals surface area contributed by atoms with Crippen molar-refractivity contribution in [1.29, 1.82) is 0 Å². The summed E-state index contributed by atoms with van der Waals surface area (Å²) in [6.45, 7) is 0.508. The van der Waals surface area contributed by atoms with E-state index in [1.165, 1.54) is 4.31 Å². The molecule has 0 N–H and O–H groups in total. The number of sulfonamides is 1. The van der Waals surface area contributed by atoms with E-state index in [9.17, 15) is 21.6 Å². The van der Waals surface area contributed by atoms with Crippen LogP contribution < -0.4 is 0 Å². The monoisotopic (exact) mass is 367 g/mol. The van der Waals surface area contributed by atoms with E-state index in [1.807, 2.05) is 0 Å². The zero-order valence-electron chi connectivity index (χ0n) is 13.1. The SMILES string of the molecule is O=S(=O)(C1CCCCC1)N1CCCC(c2nnc(C(F)(F)F)o2)C1. The normalized spacial score (nSPS) is 25.0. The molecule has 1 saturated carbocycles. The van der Waals surface area contributed by atoms with E-state index < -0.39 is 28.0 Å². The Bertz CT molecular complexity index is 668. The third-order valence-corrected chi connectivity index (χ3v) is 7.12. The average molecular weight is 367 g/mol. The van der Waals surface area contributed by atoms with Crippen LogP contribution in [0.5, 0.6) is 0 Å². The molecule has 136 valence electrons. The topological polar surface area (TPSA) is 76.3 Å². The van der Waals surface area contributed by atoms with Gasteiger partial charge >= 0.3 is 12.1 Å². The summed E-state index contributed by atoms with van der Waals surface area (Å²) in [5.74, 6) is -2.00. The van der Waals surface area contributed by atoms with Gasteiger partial charge in [0.05, 0.1) is 11.2 Å². The van der Waals surface area contributed by atoms with Crippen molar-refractivity contribution in [3.05, 3.63) is 11.8 Å². The zero-order valence-corrected chi connectivity index (χ0v) is 13.9. The second-order valence-electron chi connectivity index (χ2n) is 6.45. The van der Waals surface area contributed by atoms with Gasteiger partial charge in [-0.15, -0.1) is 10.2 Å². The molecule has 1 aliphatic carbocycles. The van der Waals surface area contributed by atoms with E-state index in [4.69, 9.17) is 4.42 Å². The predicted molar refractivity (Wildman–Crippen MR) is 78.6 cm³/mol. The van der Waals surface area contributed by atoms with Crippen LogP contribution >= 0.6 is 0 Å². The molecule has 2 heterocycles. The molecule has 1 aromatic rings. The van der Waals surface area contributed by atoms with Gasteiger partial charge in [0, 0.05) is 13.1 Å². The largest absolute Gasteiger partial charge is 0.470 e. The first-order valence-corrected chi connectivity index (χ1v) is 9.68. The van der Waals surface area contributed by atoms with Gasteiger partial charge in [-0.05, 0) is 25.7 Å². The first-order valence-electron chi connectivity index (χ1n) is 8.18. The summed E-state index contributed by atoms with van der Waals surface area (Å²) >= 11 is 0. The van der Waals surface area contributed by atoms with Gasteiger partial charge in [0.2, 0.25) is 15.9 Å². The molecule has 0 bridgehead atoms. The van der Waals surface area contributed by atoms with Gasteiger partial charge in [-0.25, -0.2) is 12.7 Å². The molecule has 6 nitrogen and oxygen atoms in total. The van der Waals surface area contributed by atoms with Crippen LogP contribution in [0.3, 0.4) is 0 Å². The first kappa shape index (κ1) is 17.7. The maximum absolute atomic E-state index is 12.8. The van der Waals surface area contributed by atoms with Crippen molar-refractivity contribution in [3.8, 4) is 0 Å². The molecular formula is C14H20F3N3O3S. The molecule has 0 amide bonds. The standard InChI is InChI=1S/C14H20F3N3O3S/c15-14(16,17)13-19-18-12(23-13)10-5-4-8-20(9-10)24(21,22)11-6-2-1-3-7-11/h10-11H,1-9H2. The summed E-state index contributed by atoms with van der Waals surface area (Å²) in [5.41, 5.74) is 0. The maximum atomic E-state index is 12.8. The number of hydrogen-bond acceptors (Lipinski definition) is 5. The van der Waals surface area contributed by atoms with Gasteiger partial charge in [0.25, 0.3) is 0 Å². The van der Waals surface area contributed by atoms with Crippen molar-refractivity contribution in [2.45, 2.75) is 62.3 Å². The molecule has 0 radical (unpaired) electrons. The van der Waals surface area contributed by atoms with Crippen LogP contribution in [-0.2, 0) is 16.2 Å². The Morgan fingerprint density at radius 2 is 1.75 bits per heavy atom. The number of hydrogen-bond donors (Lipinski definition) is 0. The number of rotatable bonds is 3. The lowest BCUT2D eigenvalue weighted by molar-refractivity contribution is -0.157.